The number of fused-ring (bicyclic) bond motifs is 3. The van der Waals surface area contributed by atoms with Gasteiger partial charge in [0.25, 0.3) is 11.8 Å². The van der Waals surface area contributed by atoms with E-state index in [2.05, 4.69) is 10.0 Å². The van der Waals surface area contributed by atoms with Gasteiger partial charge in [0.15, 0.2) is 0 Å². The fourth-order valence-corrected chi connectivity index (χ4v) is 8.10. The van der Waals surface area contributed by atoms with Crippen LogP contribution in [0.1, 0.15) is 51.9 Å². The van der Waals surface area contributed by atoms with E-state index in [9.17, 15) is 27.2 Å². The van der Waals surface area contributed by atoms with Crippen molar-refractivity contribution in [2.75, 3.05) is 13.2 Å². The van der Waals surface area contributed by atoms with Gasteiger partial charge in [-0.15, -0.1) is 0 Å². The highest BCUT2D eigenvalue weighted by atomic mass is 32.2. The van der Waals surface area contributed by atoms with Gasteiger partial charge >= 0.3 is 0 Å². The summed E-state index contributed by atoms with van der Waals surface area (Å²) in [6.07, 6.45) is 5.75. The summed E-state index contributed by atoms with van der Waals surface area (Å²) in [4.78, 5) is 47.6. The standard InChI is InChI=1S/C36H39FN4O7S/c1-22-34(43)41-21-26(48-32-19-30(23-9-5-4-6-10-23)38-29-15-12-25(37)17-28(29)32)18-31(41)33(42)39-36(35(44)40-49(45,46)27-13-14-27)20-24(36)11-7-2-3-8-16-47-22/h4-7,9-12,15,17,19,22,24,26-27,31H,2-3,8,13-14,16,18,20-21H2,1H3,(H,39,42)(H,40,44)/b11-7-/t22-,24-,26-,31+,36-/m1/s1. The predicted octanol–water partition coefficient (Wildman–Crippen LogP) is 4.02. The van der Waals surface area contributed by atoms with Gasteiger partial charge in [-0.1, -0.05) is 42.5 Å². The summed E-state index contributed by atoms with van der Waals surface area (Å²) in [5.41, 5.74) is 0.497. The number of hydrogen-bond donors (Lipinski definition) is 2. The fourth-order valence-electron chi connectivity index (χ4n) is 6.73. The van der Waals surface area contributed by atoms with Crippen molar-refractivity contribution in [3.63, 3.8) is 0 Å². The second kappa shape index (κ2) is 13.2. The first-order chi connectivity index (χ1) is 23.5. The molecular weight excluding hydrogens is 651 g/mol. The molecule has 13 heteroatoms. The van der Waals surface area contributed by atoms with Crippen molar-refractivity contribution in [1.82, 2.24) is 19.9 Å². The molecule has 2 aliphatic heterocycles. The lowest BCUT2D eigenvalue weighted by molar-refractivity contribution is -0.147. The van der Waals surface area contributed by atoms with Crippen LogP contribution < -0.4 is 14.8 Å². The fraction of sp³-hybridized carbons (Fsp3) is 0.444. The highest BCUT2D eigenvalue weighted by molar-refractivity contribution is 7.91. The van der Waals surface area contributed by atoms with E-state index in [0.717, 1.165) is 12.0 Å². The van der Waals surface area contributed by atoms with Crippen molar-refractivity contribution >= 4 is 38.6 Å². The third-order valence-electron chi connectivity index (χ3n) is 9.76. The van der Waals surface area contributed by atoms with Crippen LogP contribution in [0, 0.1) is 11.7 Å². The molecule has 258 valence electrons. The molecule has 2 aliphatic carbocycles. The molecule has 0 radical (unpaired) electrons. The molecule has 0 unspecified atom stereocenters. The molecule has 2 N–H and O–H groups in total. The highest BCUT2D eigenvalue weighted by Crippen LogP contribution is 2.46. The summed E-state index contributed by atoms with van der Waals surface area (Å²) in [6.45, 7) is 2.03. The largest absolute Gasteiger partial charge is 0.488 e. The number of benzene rings is 2. The van der Waals surface area contributed by atoms with Gasteiger partial charge in [-0.05, 0) is 63.6 Å². The number of ether oxygens (including phenoxy) is 2. The van der Waals surface area contributed by atoms with Crippen LogP contribution in [0.3, 0.4) is 0 Å². The van der Waals surface area contributed by atoms with E-state index in [-0.39, 0.29) is 19.4 Å². The van der Waals surface area contributed by atoms with Crippen LogP contribution in [0.5, 0.6) is 5.75 Å². The number of halogens is 1. The Labute approximate surface area is 284 Å². The molecule has 2 saturated carbocycles. The summed E-state index contributed by atoms with van der Waals surface area (Å²) in [5.74, 6) is -2.29. The normalized spacial score (nSPS) is 28.4. The lowest BCUT2D eigenvalue weighted by atomic mass is 10.1. The van der Waals surface area contributed by atoms with Crippen molar-refractivity contribution in [3.8, 4) is 17.0 Å². The van der Waals surface area contributed by atoms with Crippen LogP contribution in [0.2, 0.25) is 0 Å². The smallest absolute Gasteiger partial charge is 0.259 e. The van der Waals surface area contributed by atoms with Crippen LogP contribution in [0.15, 0.2) is 66.7 Å². The van der Waals surface area contributed by atoms with Crippen molar-refractivity contribution in [2.24, 2.45) is 5.92 Å². The Kier molecular flexibility index (Phi) is 8.91. The van der Waals surface area contributed by atoms with Gasteiger partial charge in [-0.3, -0.25) is 19.1 Å². The summed E-state index contributed by atoms with van der Waals surface area (Å²) in [7, 11) is -3.86. The number of carbonyl (C=O) groups is 3. The van der Waals surface area contributed by atoms with Crippen molar-refractivity contribution < 1.29 is 36.7 Å². The number of aromatic nitrogens is 1. The number of carbonyl (C=O) groups excluding carboxylic acids is 3. The average molecular weight is 691 g/mol. The Morgan fingerprint density at radius 3 is 2.69 bits per heavy atom. The zero-order valence-electron chi connectivity index (χ0n) is 27.1. The number of hydrogen-bond acceptors (Lipinski definition) is 8. The first kappa shape index (κ1) is 33.2. The Hall–Kier alpha value is -4.36. The molecule has 49 heavy (non-hydrogen) atoms. The molecule has 4 aliphatic rings. The van der Waals surface area contributed by atoms with E-state index in [1.54, 1.807) is 19.1 Å². The van der Waals surface area contributed by atoms with Gasteiger partial charge < -0.3 is 19.7 Å². The van der Waals surface area contributed by atoms with Crippen LogP contribution >= 0.6 is 0 Å². The zero-order chi connectivity index (χ0) is 34.3. The summed E-state index contributed by atoms with van der Waals surface area (Å²) >= 11 is 0. The van der Waals surface area contributed by atoms with Crippen LogP contribution in [0.4, 0.5) is 4.39 Å². The lowest BCUT2D eigenvalue weighted by Gasteiger charge is -2.28. The van der Waals surface area contributed by atoms with Gasteiger partial charge in [0.05, 0.1) is 23.0 Å². The van der Waals surface area contributed by atoms with Gasteiger partial charge in [0.2, 0.25) is 15.9 Å². The number of pyridine rings is 1. The molecule has 3 fully saturated rings. The molecule has 2 aromatic carbocycles. The highest BCUT2D eigenvalue weighted by Gasteiger charge is 2.62. The summed E-state index contributed by atoms with van der Waals surface area (Å²) in [6, 6.07) is 14.4. The second-order valence-corrected chi connectivity index (χ2v) is 15.4. The van der Waals surface area contributed by atoms with E-state index in [1.165, 1.54) is 17.0 Å². The van der Waals surface area contributed by atoms with E-state index in [0.29, 0.717) is 54.6 Å². The molecule has 3 amide bonds. The summed E-state index contributed by atoms with van der Waals surface area (Å²) in [5, 5.41) is 2.69. The molecule has 11 nitrogen and oxygen atoms in total. The Balaban J connectivity index is 1.19. The van der Waals surface area contributed by atoms with Gasteiger partial charge in [-0.2, -0.15) is 0 Å². The first-order valence-electron chi connectivity index (χ1n) is 16.8. The quantitative estimate of drug-likeness (QED) is 0.370. The molecule has 5 atom stereocenters. The van der Waals surface area contributed by atoms with E-state index in [1.807, 2.05) is 42.5 Å². The number of nitrogens with one attached hydrogen (secondary N) is 2. The molecule has 0 spiro atoms. The molecular formula is C36H39FN4O7S. The molecule has 0 bridgehead atoms. The molecule has 3 aromatic rings. The van der Waals surface area contributed by atoms with E-state index in [4.69, 9.17) is 14.5 Å². The second-order valence-electron chi connectivity index (χ2n) is 13.4. The number of rotatable bonds is 6. The number of amides is 3. The van der Waals surface area contributed by atoms with E-state index >= 15 is 0 Å². The maximum Gasteiger partial charge on any atom is 0.259 e. The average Bonchev–Trinajstić information content (AvgIpc) is 4.01. The van der Waals surface area contributed by atoms with Crippen molar-refractivity contribution in [1.29, 1.82) is 0 Å². The van der Waals surface area contributed by atoms with Gasteiger partial charge in [0.1, 0.15) is 35.4 Å². The molecule has 1 aromatic heterocycles. The van der Waals surface area contributed by atoms with Crippen LogP contribution in [0.25, 0.3) is 22.2 Å². The molecule has 7 rings (SSSR count). The minimum Gasteiger partial charge on any atom is -0.488 e. The van der Waals surface area contributed by atoms with Crippen LogP contribution in [-0.4, -0.2) is 78.2 Å². The summed E-state index contributed by atoms with van der Waals surface area (Å²) < 4.78 is 54.5. The Morgan fingerprint density at radius 2 is 1.92 bits per heavy atom. The van der Waals surface area contributed by atoms with Gasteiger partial charge in [0, 0.05) is 36.0 Å². The third-order valence-corrected chi connectivity index (χ3v) is 11.6. The molecule has 3 heterocycles. The minimum absolute atomic E-state index is 0.0308. The zero-order valence-corrected chi connectivity index (χ0v) is 28.0. The van der Waals surface area contributed by atoms with Crippen LogP contribution in [-0.2, 0) is 29.1 Å². The van der Waals surface area contributed by atoms with Crippen molar-refractivity contribution in [2.45, 2.75) is 80.9 Å². The lowest BCUT2D eigenvalue weighted by Crippen LogP contribution is -2.57. The monoisotopic (exact) mass is 690 g/mol. The van der Waals surface area contributed by atoms with E-state index < -0.39 is 68.5 Å². The Morgan fingerprint density at radius 1 is 1.12 bits per heavy atom. The predicted molar refractivity (Wildman–Crippen MR) is 179 cm³/mol. The SMILES string of the molecule is C[C@H]1OCCCC/C=C\[C@@H]2C[C@@]2(C(=O)NS(=O)(=O)C2CC2)NC(=O)[C@@H]2C[C@@H](Oc3cc(-c4ccccc4)nc4ccc(F)cc34)CN2C1=O. The minimum atomic E-state index is -3.86. The maximum atomic E-state index is 14.5. The number of sulfonamides is 1. The number of allylic oxidation sites excluding steroid dienone is 1. The molecule has 1 saturated heterocycles. The first-order valence-corrected chi connectivity index (χ1v) is 18.4. The number of nitrogens with zero attached hydrogens (tertiary/aromatic N) is 2. The Bertz CT molecular complexity index is 1920. The topological polar surface area (TPSA) is 144 Å². The third kappa shape index (κ3) is 6.91. The maximum absolute atomic E-state index is 14.5. The van der Waals surface area contributed by atoms with Crippen molar-refractivity contribution in [3.05, 3.63) is 72.6 Å². The van der Waals surface area contributed by atoms with Gasteiger partial charge in [-0.25, -0.2) is 17.8 Å².